The molecule has 5 aromatic rings. The minimum Gasteiger partial charge on any atom is -0.507 e. The van der Waals surface area contributed by atoms with Gasteiger partial charge >= 0.3 is 0 Å². The first-order chi connectivity index (χ1) is 22.3. The Kier molecular flexibility index (Phi) is 9.47. The normalized spacial score (nSPS) is 11.9. The maximum atomic E-state index is 11.9. The van der Waals surface area contributed by atoms with Gasteiger partial charge in [0.15, 0.2) is 15.6 Å². The molecule has 0 aliphatic heterocycles. The number of nitrogens with zero attached hydrogens (tertiary/aromatic N) is 5. The van der Waals surface area contributed by atoms with Crippen molar-refractivity contribution in [3.05, 3.63) is 84.0 Å². The van der Waals surface area contributed by atoms with Crippen LogP contribution in [0.4, 0.5) is 40.3 Å². The number of nitrogens with two attached hydrogens (primary N) is 1. The first-order valence-corrected chi connectivity index (χ1v) is 16.8. The first kappa shape index (κ1) is 33.3. The second-order valence-electron chi connectivity index (χ2n) is 9.30. The molecule has 1 heterocycles. The summed E-state index contributed by atoms with van der Waals surface area (Å²) in [5.41, 5.74) is 7.28. The van der Waals surface area contributed by atoms with E-state index >= 15 is 0 Å². The minimum atomic E-state index is -4.66. The van der Waals surface area contributed by atoms with Crippen molar-refractivity contribution in [3.8, 4) is 11.5 Å². The van der Waals surface area contributed by atoms with Crippen molar-refractivity contribution in [2.45, 2.75) is 9.79 Å². The number of aromatic nitrogens is 3. The zero-order chi connectivity index (χ0) is 33.9. The van der Waals surface area contributed by atoms with Gasteiger partial charge in [-0.1, -0.05) is 6.58 Å². The SMILES string of the molecule is C=CS(=O)(=O)c1ccc(Nc2nc(Cl)nc(Nc3ccc(N=Nc4c(N)c(OSO)cc5cc(S(=O)(=O)O)cc(O)c45)cc3)n2)cc1. The third kappa shape index (κ3) is 7.68. The molecule has 7 N–H and O–H groups in total. The fraction of sp³-hybridized carbons (Fsp3) is 0. The fourth-order valence-electron chi connectivity index (χ4n) is 4.09. The van der Waals surface area contributed by atoms with Crippen LogP contribution in [0.15, 0.2) is 98.7 Å². The molecule has 0 aliphatic rings. The summed E-state index contributed by atoms with van der Waals surface area (Å²) in [5.74, 6) is -0.487. The van der Waals surface area contributed by atoms with E-state index in [0.717, 1.165) is 17.5 Å². The maximum Gasteiger partial charge on any atom is 0.294 e. The van der Waals surface area contributed by atoms with Crippen LogP contribution in [0.2, 0.25) is 5.28 Å². The van der Waals surface area contributed by atoms with Crippen LogP contribution < -0.4 is 20.6 Å². The predicted octanol–water partition coefficient (Wildman–Crippen LogP) is 6.53. The number of nitrogen functional groups attached to an aromatic ring is 1. The number of fused-ring (bicyclic) bond motifs is 1. The van der Waals surface area contributed by atoms with Crippen molar-refractivity contribution in [2.24, 2.45) is 10.2 Å². The van der Waals surface area contributed by atoms with Gasteiger partial charge in [0.2, 0.25) is 29.5 Å². The molecule has 1 aromatic heterocycles. The Balaban J connectivity index is 1.37. The molecule has 0 unspecified atom stereocenters. The van der Waals surface area contributed by atoms with Crippen LogP contribution in [0, 0.1) is 0 Å². The van der Waals surface area contributed by atoms with Gasteiger partial charge in [-0.05, 0) is 77.7 Å². The van der Waals surface area contributed by atoms with Crippen LogP contribution in [0.1, 0.15) is 0 Å². The highest BCUT2D eigenvalue weighted by Gasteiger charge is 2.20. The molecule has 0 spiro atoms. The molecular weight excluding hydrogens is 696 g/mol. The van der Waals surface area contributed by atoms with Gasteiger partial charge in [-0.25, -0.2) is 8.42 Å². The molecule has 4 aromatic carbocycles. The molecule has 20 heteroatoms. The first-order valence-electron chi connectivity index (χ1n) is 12.8. The lowest BCUT2D eigenvalue weighted by Crippen LogP contribution is -2.04. The van der Waals surface area contributed by atoms with Gasteiger partial charge in [0, 0.05) is 22.8 Å². The highest BCUT2D eigenvalue weighted by atomic mass is 35.5. The van der Waals surface area contributed by atoms with Gasteiger partial charge in [0.1, 0.15) is 17.1 Å². The lowest BCUT2D eigenvalue weighted by atomic mass is 10.1. The van der Waals surface area contributed by atoms with E-state index < -0.39 is 30.6 Å². The van der Waals surface area contributed by atoms with Crippen LogP contribution >= 0.6 is 23.9 Å². The van der Waals surface area contributed by atoms with Crippen LogP contribution in [0.3, 0.4) is 0 Å². The van der Waals surface area contributed by atoms with E-state index in [0.29, 0.717) is 17.1 Å². The van der Waals surface area contributed by atoms with E-state index in [4.69, 9.17) is 21.5 Å². The summed E-state index contributed by atoms with van der Waals surface area (Å²) in [6, 6.07) is 15.4. The van der Waals surface area contributed by atoms with Crippen LogP contribution in [-0.4, -0.2) is 46.0 Å². The summed E-state index contributed by atoms with van der Waals surface area (Å²) in [4.78, 5) is 11.8. The number of rotatable bonds is 11. The number of hydrogen-bond acceptors (Lipinski definition) is 16. The number of halogens is 1. The van der Waals surface area contributed by atoms with Crippen molar-refractivity contribution >= 4 is 95.0 Å². The zero-order valence-electron chi connectivity index (χ0n) is 23.4. The number of aromatic hydroxyl groups is 1. The Morgan fingerprint density at radius 2 is 1.49 bits per heavy atom. The van der Waals surface area contributed by atoms with Crippen molar-refractivity contribution in [1.29, 1.82) is 0 Å². The van der Waals surface area contributed by atoms with E-state index in [1.807, 2.05) is 0 Å². The second kappa shape index (κ2) is 13.4. The molecule has 0 amide bonds. The number of azo groups is 1. The lowest BCUT2D eigenvalue weighted by Gasteiger charge is -2.12. The number of anilines is 5. The molecule has 242 valence electrons. The monoisotopic (exact) mass is 716 g/mol. The number of phenolic OH excluding ortho intramolecular Hbond substituents is 1. The molecule has 47 heavy (non-hydrogen) atoms. The summed E-state index contributed by atoms with van der Waals surface area (Å²) in [6.07, 6.45) is 0. The summed E-state index contributed by atoms with van der Waals surface area (Å²) in [7, 11) is -8.25. The molecule has 0 atom stereocenters. The summed E-state index contributed by atoms with van der Waals surface area (Å²) < 4.78 is 70.8. The molecular formula is C27H21ClN8O8S3. The van der Waals surface area contributed by atoms with Crippen molar-refractivity contribution in [2.75, 3.05) is 16.4 Å². The molecule has 0 fully saturated rings. The zero-order valence-corrected chi connectivity index (χ0v) is 26.6. The molecule has 5 rings (SSSR count). The second-order valence-corrected chi connectivity index (χ2v) is 13.3. The number of benzene rings is 4. The van der Waals surface area contributed by atoms with E-state index in [9.17, 15) is 31.0 Å². The van der Waals surface area contributed by atoms with Gasteiger partial charge in [-0.3, -0.25) is 9.11 Å². The summed E-state index contributed by atoms with van der Waals surface area (Å²) in [6.45, 7) is 3.30. The third-order valence-corrected chi connectivity index (χ3v) is 8.87. The average molecular weight is 717 g/mol. The summed E-state index contributed by atoms with van der Waals surface area (Å²) in [5, 5.41) is 25.6. The number of hydrogen-bond donors (Lipinski definition) is 6. The highest BCUT2D eigenvalue weighted by Crippen LogP contribution is 2.45. The van der Waals surface area contributed by atoms with Gasteiger partial charge < -0.3 is 25.7 Å². The summed E-state index contributed by atoms with van der Waals surface area (Å²) >= 11 is 6.07. The Morgan fingerprint density at radius 1 is 0.894 bits per heavy atom. The van der Waals surface area contributed by atoms with E-state index in [2.05, 4.69) is 42.4 Å². The Labute approximate surface area is 276 Å². The van der Waals surface area contributed by atoms with Crippen molar-refractivity contribution < 1.29 is 35.2 Å². The minimum absolute atomic E-state index is 0.0149. The van der Waals surface area contributed by atoms with Gasteiger partial charge in [0.25, 0.3) is 10.1 Å². The molecule has 0 bridgehead atoms. The predicted molar refractivity (Wildman–Crippen MR) is 177 cm³/mol. The van der Waals surface area contributed by atoms with Crippen LogP contribution in [-0.2, 0) is 20.0 Å². The molecule has 0 aliphatic carbocycles. The standard InChI is InChI=1S/C27H21ClN8O8S3/c1-2-46(39,40)18-9-7-16(8-10-18)31-27-33-25(28)32-26(34-27)30-15-3-5-17(6-4-15)35-36-24-22-14(12-21(23(24)29)44-45-38)11-19(13-20(22)37)47(41,42)43/h2-13,37-38H,1,29H2,(H,41,42,43)(H2,30,31,32,33,34). The number of phenols is 1. The van der Waals surface area contributed by atoms with E-state index in [1.165, 1.54) is 30.3 Å². The maximum absolute atomic E-state index is 11.9. The van der Waals surface area contributed by atoms with E-state index in [-0.39, 0.29) is 62.3 Å². The van der Waals surface area contributed by atoms with Crippen LogP contribution in [0.25, 0.3) is 10.8 Å². The number of nitrogens with one attached hydrogen (secondary N) is 2. The van der Waals surface area contributed by atoms with E-state index in [1.54, 1.807) is 24.3 Å². The highest BCUT2D eigenvalue weighted by molar-refractivity contribution is 7.94. The largest absolute Gasteiger partial charge is 0.507 e. The van der Waals surface area contributed by atoms with Gasteiger partial charge in [-0.15, -0.1) is 5.11 Å². The van der Waals surface area contributed by atoms with Gasteiger partial charge in [0.05, 0.1) is 20.9 Å². The van der Waals surface area contributed by atoms with Crippen LogP contribution in [0.5, 0.6) is 11.5 Å². The number of sulfone groups is 1. The van der Waals surface area contributed by atoms with Crippen molar-refractivity contribution in [3.63, 3.8) is 0 Å². The Morgan fingerprint density at radius 3 is 2.04 bits per heavy atom. The Hall–Kier alpha value is -5.05. The molecule has 16 nitrogen and oxygen atoms in total. The third-order valence-electron chi connectivity index (χ3n) is 6.25. The molecule has 0 radical (unpaired) electrons. The smallest absolute Gasteiger partial charge is 0.294 e. The average Bonchev–Trinajstić information content (AvgIpc) is 3.01. The lowest BCUT2D eigenvalue weighted by molar-refractivity contribution is 0.471. The fourth-order valence-corrected chi connectivity index (χ4v) is 5.71. The van der Waals surface area contributed by atoms with Gasteiger partial charge in [-0.2, -0.15) is 28.5 Å². The quantitative estimate of drug-likeness (QED) is 0.0367. The molecule has 0 saturated heterocycles. The van der Waals surface area contributed by atoms with Crippen molar-refractivity contribution in [1.82, 2.24) is 15.0 Å². The molecule has 0 saturated carbocycles. The topological polar surface area (TPSA) is 252 Å². The Bertz CT molecular complexity index is 2260.